The molecule has 0 aliphatic carbocycles. The molecule has 5 heteroatoms. The van der Waals surface area contributed by atoms with Crippen LogP contribution in [0, 0.1) is 16.0 Å². The number of ether oxygens (including phenoxy) is 1. The average Bonchev–Trinajstić information content (AvgIpc) is 2.26. The van der Waals surface area contributed by atoms with Crippen LogP contribution in [-0.2, 0) is 0 Å². The molecule has 1 aromatic rings. The highest BCUT2D eigenvalue weighted by atomic mass is 16.6. The van der Waals surface area contributed by atoms with Crippen LogP contribution in [0.5, 0.6) is 5.75 Å². The quantitative estimate of drug-likeness (QED) is 0.611. The van der Waals surface area contributed by atoms with Gasteiger partial charge in [-0.2, -0.15) is 0 Å². The van der Waals surface area contributed by atoms with E-state index in [1.54, 1.807) is 19.1 Å². The van der Waals surface area contributed by atoms with Gasteiger partial charge in [0, 0.05) is 24.4 Å². The molecule has 0 unspecified atom stereocenters. The Balaban J connectivity index is 2.89. The van der Waals surface area contributed by atoms with E-state index in [9.17, 15) is 10.1 Å². The van der Waals surface area contributed by atoms with Gasteiger partial charge in [0.1, 0.15) is 0 Å². The van der Waals surface area contributed by atoms with Crippen LogP contribution in [0.25, 0.3) is 0 Å². The Morgan fingerprint density at radius 1 is 1.47 bits per heavy atom. The molecule has 0 aliphatic heterocycles. The fourth-order valence-electron chi connectivity index (χ4n) is 1.37. The summed E-state index contributed by atoms with van der Waals surface area (Å²) >= 11 is 0. The first-order chi connectivity index (χ1) is 8.04. The topological polar surface area (TPSA) is 64.4 Å². The molecule has 17 heavy (non-hydrogen) atoms. The van der Waals surface area contributed by atoms with Gasteiger partial charge in [0.05, 0.1) is 11.5 Å². The first-order valence-electron chi connectivity index (χ1n) is 5.69. The molecular weight excluding hydrogens is 220 g/mol. The van der Waals surface area contributed by atoms with Crippen LogP contribution in [0.4, 0.5) is 11.4 Å². The Morgan fingerprint density at radius 3 is 2.71 bits per heavy atom. The number of hydrogen-bond acceptors (Lipinski definition) is 4. The van der Waals surface area contributed by atoms with Crippen LogP contribution < -0.4 is 10.1 Å². The van der Waals surface area contributed by atoms with Crippen LogP contribution in [-0.4, -0.2) is 18.1 Å². The fraction of sp³-hybridized carbons (Fsp3) is 0.500. The third kappa shape index (κ3) is 3.94. The molecule has 0 aromatic heterocycles. The van der Waals surface area contributed by atoms with Gasteiger partial charge in [-0.05, 0) is 18.9 Å². The smallest absolute Gasteiger partial charge is 0.311 e. The largest absolute Gasteiger partial charge is 0.487 e. The maximum atomic E-state index is 10.8. The van der Waals surface area contributed by atoms with Gasteiger partial charge in [-0.1, -0.05) is 13.8 Å². The minimum absolute atomic E-state index is 0.00180. The predicted octanol–water partition coefficient (Wildman–Crippen LogP) is 3.06. The number of hydrogen-bond donors (Lipinski definition) is 1. The van der Waals surface area contributed by atoms with Gasteiger partial charge >= 0.3 is 5.69 Å². The first-order valence-corrected chi connectivity index (χ1v) is 5.69. The molecule has 0 atom stereocenters. The molecule has 0 saturated carbocycles. The van der Waals surface area contributed by atoms with Crippen LogP contribution in [0.2, 0.25) is 0 Å². The van der Waals surface area contributed by atoms with E-state index in [4.69, 9.17) is 4.74 Å². The Labute approximate surface area is 101 Å². The van der Waals surface area contributed by atoms with Gasteiger partial charge < -0.3 is 10.1 Å². The zero-order valence-corrected chi connectivity index (χ0v) is 10.4. The number of nitrogens with one attached hydrogen (secondary N) is 1. The van der Waals surface area contributed by atoms with E-state index in [2.05, 4.69) is 19.2 Å². The molecule has 0 fully saturated rings. The van der Waals surface area contributed by atoms with Crippen molar-refractivity contribution in [1.29, 1.82) is 0 Å². The van der Waals surface area contributed by atoms with Crippen LogP contribution in [0.1, 0.15) is 20.8 Å². The number of benzene rings is 1. The number of nitro benzene ring substituents is 1. The summed E-state index contributed by atoms with van der Waals surface area (Å²) in [6.07, 6.45) is 0. The molecule has 1 aromatic carbocycles. The highest BCUT2D eigenvalue weighted by molar-refractivity contribution is 5.58. The average molecular weight is 238 g/mol. The second kappa shape index (κ2) is 6.08. The van der Waals surface area contributed by atoms with Crippen molar-refractivity contribution in [2.75, 3.05) is 18.5 Å². The lowest BCUT2D eigenvalue weighted by molar-refractivity contribution is -0.385. The van der Waals surface area contributed by atoms with Crippen molar-refractivity contribution in [3.05, 3.63) is 28.3 Å². The van der Waals surface area contributed by atoms with Crippen molar-refractivity contribution in [2.24, 2.45) is 5.92 Å². The number of rotatable bonds is 6. The summed E-state index contributed by atoms with van der Waals surface area (Å²) in [6.45, 7) is 7.24. The third-order valence-corrected chi connectivity index (χ3v) is 2.17. The van der Waals surface area contributed by atoms with Crippen LogP contribution >= 0.6 is 0 Å². The summed E-state index contributed by atoms with van der Waals surface area (Å²) in [5, 5.41) is 14.0. The van der Waals surface area contributed by atoms with Crippen molar-refractivity contribution in [1.82, 2.24) is 0 Å². The van der Waals surface area contributed by atoms with Gasteiger partial charge in [-0.25, -0.2) is 0 Å². The molecule has 0 heterocycles. The molecule has 0 radical (unpaired) electrons. The molecule has 0 saturated heterocycles. The molecular formula is C12H18N2O3. The highest BCUT2D eigenvalue weighted by Crippen LogP contribution is 2.30. The second-order valence-corrected chi connectivity index (χ2v) is 4.15. The van der Waals surface area contributed by atoms with Crippen LogP contribution in [0.3, 0.4) is 0 Å². The van der Waals surface area contributed by atoms with E-state index >= 15 is 0 Å². The predicted molar refractivity (Wildman–Crippen MR) is 67.6 cm³/mol. The van der Waals surface area contributed by atoms with E-state index < -0.39 is 4.92 Å². The number of anilines is 1. The molecule has 5 nitrogen and oxygen atoms in total. The maximum Gasteiger partial charge on any atom is 0.311 e. The minimum atomic E-state index is -0.433. The standard InChI is InChI=1S/C12H18N2O3/c1-4-17-12-7-10(13-8-9(2)3)5-6-11(12)14(15)16/h5-7,9,13H,4,8H2,1-3H3. The monoisotopic (exact) mass is 238 g/mol. The van der Waals surface area contributed by atoms with Gasteiger partial charge in [0.25, 0.3) is 0 Å². The van der Waals surface area contributed by atoms with Crippen molar-refractivity contribution < 1.29 is 9.66 Å². The molecule has 94 valence electrons. The molecule has 1 rings (SSSR count). The minimum Gasteiger partial charge on any atom is -0.487 e. The number of nitro groups is 1. The lowest BCUT2D eigenvalue weighted by Gasteiger charge is -2.10. The second-order valence-electron chi connectivity index (χ2n) is 4.15. The molecule has 0 spiro atoms. The molecule has 0 aliphatic rings. The Kier molecular flexibility index (Phi) is 4.75. The summed E-state index contributed by atoms with van der Waals surface area (Å²) < 4.78 is 5.26. The Bertz CT molecular complexity index is 391. The van der Waals surface area contributed by atoms with Crippen LogP contribution in [0.15, 0.2) is 18.2 Å². The fourth-order valence-corrected chi connectivity index (χ4v) is 1.37. The summed E-state index contributed by atoms with van der Waals surface area (Å²) in [6, 6.07) is 4.83. The Morgan fingerprint density at radius 2 is 2.18 bits per heavy atom. The van der Waals surface area contributed by atoms with E-state index in [-0.39, 0.29) is 5.69 Å². The zero-order chi connectivity index (χ0) is 12.8. The van der Waals surface area contributed by atoms with E-state index in [0.717, 1.165) is 12.2 Å². The van der Waals surface area contributed by atoms with Crippen molar-refractivity contribution in [2.45, 2.75) is 20.8 Å². The van der Waals surface area contributed by atoms with Gasteiger partial charge in [-0.15, -0.1) is 0 Å². The van der Waals surface area contributed by atoms with Crippen molar-refractivity contribution in [3.8, 4) is 5.75 Å². The lowest BCUT2D eigenvalue weighted by atomic mass is 10.2. The summed E-state index contributed by atoms with van der Waals surface area (Å²) in [4.78, 5) is 10.3. The van der Waals surface area contributed by atoms with Gasteiger partial charge in [0.2, 0.25) is 0 Å². The maximum absolute atomic E-state index is 10.8. The first kappa shape index (κ1) is 13.3. The zero-order valence-electron chi connectivity index (χ0n) is 10.4. The van der Waals surface area contributed by atoms with Crippen molar-refractivity contribution >= 4 is 11.4 Å². The molecule has 0 amide bonds. The van der Waals surface area contributed by atoms with Gasteiger partial charge in [0.15, 0.2) is 5.75 Å². The van der Waals surface area contributed by atoms with Crippen molar-refractivity contribution in [3.63, 3.8) is 0 Å². The lowest BCUT2D eigenvalue weighted by Crippen LogP contribution is -2.08. The third-order valence-electron chi connectivity index (χ3n) is 2.17. The van der Waals surface area contributed by atoms with Gasteiger partial charge in [-0.3, -0.25) is 10.1 Å². The molecule has 1 N–H and O–H groups in total. The summed E-state index contributed by atoms with van der Waals surface area (Å²) in [7, 11) is 0. The normalized spacial score (nSPS) is 10.4. The highest BCUT2D eigenvalue weighted by Gasteiger charge is 2.15. The summed E-state index contributed by atoms with van der Waals surface area (Å²) in [5.74, 6) is 0.826. The number of nitrogens with zero attached hydrogens (tertiary/aromatic N) is 1. The van der Waals surface area contributed by atoms with E-state index in [1.165, 1.54) is 6.07 Å². The Hall–Kier alpha value is -1.78. The SMILES string of the molecule is CCOc1cc(NCC(C)C)ccc1[N+](=O)[O-]. The molecule has 0 bridgehead atoms. The van der Waals surface area contributed by atoms with E-state index in [1.807, 2.05) is 0 Å². The summed E-state index contributed by atoms with van der Waals surface area (Å²) in [5.41, 5.74) is 0.842. The van der Waals surface area contributed by atoms with E-state index in [0.29, 0.717) is 18.3 Å².